The maximum atomic E-state index is 13.9. The summed E-state index contributed by atoms with van der Waals surface area (Å²) in [5.74, 6) is 0.201. The first-order valence-corrected chi connectivity index (χ1v) is 17.1. The molecule has 49 heavy (non-hydrogen) atoms. The van der Waals surface area contributed by atoms with E-state index in [0.717, 1.165) is 65.7 Å². The summed E-state index contributed by atoms with van der Waals surface area (Å²) in [6, 6.07) is 12.7. The summed E-state index contributed by atoms with van der Waals surface area (Å²) in [7, 11) is 1.60. The van der Waals surface area contributed by atoms with Crippen LogP contribution in [0.25, 0.3) is 33.6 Å². The molecule has 2 amide bonds. The van der Waals surface area contributed by atoms with Crippen LogP contribution in [0.5, 0.6) is 5.75 Å². The molecule has 2 aliphatic heterocycles. The fourth-order valence-electron chi connectivity index (χ4n) is 8.32. The minimum atomic E-state index is -0.781. The zero-order valence-electron chi connectivity index (χ0n) is 27.2. The molecule has 5 aromatic rings. The second-order valence-corrected chi connectivity index (χ2v) is 14.3. The molecular weight excluding hydrogens is 628 g/mol. The minimum Gasteiger partial charge on any atom is -0.494 e. The van der Waals surface area contributed by atoms with Crippen LogP contribution in [0.4, 0.5) is 8.78 Å². The number of methoxy groups -OCH3 is 1. The summed E-state index contributed by atoms with van der Waals surface area (Å²) in [4.78, 5) is 40.5. The van der Waals surface area contributed by atoms with Crippen LogP contribution in [0.15, 0.2) is 54.7 Å². The molecule has 2 unspecified atom stereocenters. The monoisotopic (exact) mass is 665 g/mol. The third-order valence-corrected chi connectivity index (χ3v) is 11.0. The van der Waals surface area contributed by atoms with Gasteiger partial charge in [-0.3, -0.25) is 9.59 Å². The number of pyridine rings is 1. The summed E-state index contributed by atoms with van der Waals surface area (Å²) in [6.45, 7) is 2.84. The highest BCUT2D eigenvalue weighted by atomic mass is 19.1. The fraction of sp³-hybridized carbons (Fsp3) is 0.405. The Morgan fingerprint density at radius 1 is 0.898 bits per heavy atom. The third-order valence-electron chi connectivity index (χ3n) is 11.0. The molecule has 4 fully saturated rings. The van der Waals surface area contributed by atoms with Crippen molar-refractivity contribution in [3.8, 4) is 17.3 Å². The molecule has 2 N–H and O–H groups in total. The summed E-state index contributed by atoms with van der Waals surface area (Å²) in [6.07, 6.45) is 6.12. The second-order valence-electron chi connectivity index (χ2n) is 14.3. The minimum absolute atomic E-state index is 0.00661. The number of benzene rings is 2. The van der Waals surface area contributed by atoms with Crippen molar-refractivity contribution in [2.75, 3.05) is 26.7 Å². The van der Waals surface area contributed by atoms with Crippen molar-refractivity contribution in [3.63, 3.8) is 0 Å². The molecule has 9 rings (SSSR count). The van der Waals surface area contributed by atoms with E-state index in [9.17, 15) is 18.4 Å². The van der Waals surface area contributed by atoms with E-state index in [1.54, 1.807) is 24.3 Å². The maximum Gasteiger partial charge on any atom is 0.254 e. The Balaban J connectivity index is 1.11. The number of hydrogen-bond donors (Lipinski definition) is 1. The predicted octanol–water partition coefficient (Wildman–Crippen LogP) is 5.08. The van der Waals surface area contributed by atoms with Gasteiger partial charge in [0.2, 0.25) is 0 Å². The Morgan fingerprint density at radius 3 is 2.35 bits per heavy atom. The Hall–Kier alpha value is -4.84. The van der Waals surface area contributed by atoms with Crippen LogP contribution in [0.1, 0.15) is 46.4 Å². The van der Waals surface area contributed by atoms with Crippen molar-refractivity contribution < 1.29 is 23.1 Å². The number of piperidine rings is 1. The van der Waals surface area contributed by atoms with Crippen LogP contribution >= 0.6 is 0 Å². The molecule has 2 aromatic carbocycles. The number of aromatic nitrogens is 4. The van der Waals surface area contributed by atoms with E-state index in [2.05, 4.69) is 21.3 Å². The van der Waals surface area contributed by atoms with Crippen LogP contribution in [-0.4, -0.2) is 79.5 Å². The number of fused-ring (bicyclic) bond motifs is 4. The van der Waals surface area contributed by atoms with Gasteiger partial charge in [0, 0.05) is 79.5 Å². The molecule has 2 saturated heterocycles. The molecule has 3 atom stereocenters. The first-order valence-electron chi connectivity index (χ1n) is 17.1. The fourth-order valence-corrected chi connectivity index (χ4v) is 8.32. The zero-order chi connectivity index (χ0) is 33.6. The lowest BCUT2D eigenvalue weighted by Crippen LogP contribution is -2.51. The highest BCUT2D eigenvalue weighted by Gasteiger charge is 2.47. The molecule has 2 bridgehead atoms. The molecule has 0 radical (unpaired) electrons. The summed E-state index contributed by atoms with van der Waals surface area (Å²) >= 11 is 0. The van der Waals surface area contributed by atoms with Crippen molar-refractivity contribution in [1.29, 1.82) is 0 Å². The molecule has 4 aliphatic rings. The van der Waals surface area contributed by atoms with Gasteiger partial charge in [0.05, 0.1) is 18.3 Å². The molecule has 2 aliphatic carbocycles. The highest BCUT2D eigenvalue weighted by molar-refractivity contribution is 6.00. The van der Waals surface area contributed by atoms with Gasteiger partial charge in [-0.25, -0.2) is 18.7 Å². The van der Waals surface area contributed by atoms with Gasteiger partial charge in [-0.05, 0) is 80.0 Å². The molecule has 5 heterocycles. The summed E-state index contributed by atoms with van der Waals surface area (Å²) in [5.41, 5.74) is 10.2. The van der Waals surface area contributed by atoms with Gasteiger partial charge < -0.3 is 29.4 Å². The van der Waals surface area contributed by atoms with E-state index < -0.39 is 17.5 Å². The van der Waals surface area contributed by atoms with E-state index in [0.29, 0.717) is 54.8 Å². The van der Waals surface area contributed by atoms with Crippen LogP contribution in [0, 0.1) is 29.4 Å². The number of nitrogens with zero attached hydrogens (tertiary/aromatic N) is 6. The Morgan fingerprint density at radius 2 is 1.65 bits per heavy atom. The van der Waals surface area contributed by atoms with E-state index in [1.165, 1.54) is 12.8 Å². The van der Waals surface area contributed by atoms with E-state index >= 15 is 0 Å². The van der Waals surface area contributed by atoms with Crippen molar-refractivity contribution in [2.45, 2.75) is 50.9 Å². The van der Waals surface area contributed by atoms with Crippen molar-refractivity contribution in [1.82, 2.24) is 28.9 Å². The number of hydrogen-bond acceptors (Lipinski definition) is 6. The quantitative estimate of drug-likeness (QED) is 0.248. The first-order chi connectivity index (χ1) is 23.7. The number of carbonyl (C=O) groups excluding carboxylic acids is 2. The predicted molar refractivity (Wildman–Crippen MR) is 179 cm³/mol. The van der Waals surface area contributed by atoms with Gasteiger partial charge in [0.1, 0.15) is 28.5 Å². The lowest BCUT2D eigenvalue weighted by molar-refractivity contribution is 0.0470. The first kappa shape index (κ1) is 30.2. The smallest absolute Gasteiger partial charge is 0.254 e. The molecule has 10 nitrogen and oxygen atoms in total. The largest absolute Gasteiger partial charge is 0.494 e. The number of amides is 2. The number of halogens is 2. The average Bonchev–Trinajstić information content (AvgIpc) is 3.43. The molecule has 3 aromatic heterocycles. The van der Waals surface area contributed by atoms with Crippen LogP contribution in [0.2, 0.25) is 0 Å². The lowest BCUT2D eigenvalue weighted by atomic mass is 9.98. The SMILES string of the molecule is COc1cc(C(=O)N2CC3CCC2[C@@H]3N)cc2nc(-c3cc4cccnc4n3CC3CC3)n(CC3CN(C(=O)c4cc(F)cc(F)c4)C3)c12. The van der Waals surface area contributed by atoms with Crippen molar-refractivity contribution in [3.05, 3.63) is 77.5 Å². The number of imidazole rings is 1. The Bertz CT molecular complexity index is 2130. The molecule has 2 saturated carbocycles. The van der Waals surface area contributed by atoms with Crippen LogP contribution < -0.4 is 10.5 Å². The van der Waals surface area contributed by atoms with E-state index in [4.69, 9.17) is 20.4 Å². The van der Waals surface area contributed by atoms with Gasteiger partial charge in [-0.1, -0.05) is 0 Å². The number of ether oxygens (including phenoxy) is 1. The topological polar surface area (TPSA) is 112 Å². The van der Waals surface area contributed by atoms with Gasteiger partial charge in [-0.2, -0.15) is 0 Å². The number of nitrogens with two attached hydrogens (primary N) is 1. The highest BCUT2D eigenvalue weighted by Crippen LogP contribution is 2.41. The number of rotatable bonds is 8. The molecule has 252 valence electrons. The zero-order valence-corrected chi connectivity index (χ0v) is 27.2. The lowest BCUT2D eigenvalue weighted by Gasteiger charge is -2.39. The van der Waals surface area contributed by atoms with Crippen molar-refractivity contribution >= 4 is 33.9 Å². The molecule has 12 heteroatoms. The van der Waals surface area contributed by atoms with Gasteiger partial charge >= 0.3 is 0 Å². The van der Waals surface area contributed by atoms with Gasteiger partial charge in [0.15, 0.2) is 5.82 Å². The van der Waals surface area contributed by atoms with E-state index in [1.807, 2.05) is 17.0 Å². The van der Waals surface area contributed by atoms with Gasteiger partial charge in [-0.15, -0.1) is 0 Å². The van der Waals surface area contributed by atoms with Gasteiger partial charge in [0.25, 0.3) is 11.8 Å². The third kappa shape index (κ3) is 5.06. The number of likely N-dealkylation sites (tertiary alicyclic amines) is 2. The standard InChI is InChI=1S/C37H37F2N7O3/c1-49-31-13-25(37(48)45-19-23-6-7-29(45)32(23)40)11-28-33(31)46(18-21-15-43(16-21)36(47)24-9-26(38)14-27(39)10-24)35(42-28)30-12-22-3-2-8-41-34(22)44(30)17-20-4-5-20/h2-3,8-14,20-21,23,29,32H,4-7,15-19,40H2,1H3/t23?,29?,32-/m1/s1. The number of carbonyl (C=O) groups is 2. The Kier molecular flexibility index (Phi) is 7.01. The summed E-state index contributed by atoms with van der Waals surface area (Å²) in [5, 5.41) is 1.02. The van der Waals surface area contributed by atoms with Crippen LogP contribution in [-0.2, 0) is 13.1 Å². The average molecular weight is 666 g/mol. The Labute approximate surface area is 281 Å². The molecule has 0 spiro atoms. The maximum absolute atomic E-state index is 13.9. The second kappa shape index (κ2) is 11.4. The van der Waals surface area contributed by atoms with Crippen molar-refractivity contribution in [2.24, 2.45) is 23.5 Å². The van der Waals surface area contributed by atoms with Crippen LogP contribution in [0.3, 0.4) is 0 Å². The normalized spacial score (nSPS) is 22.0. The molecular formula is C37H37F2N7O3. The van der Waals surface area contributed by atoms with E-state index in [-0.39, 0.29) is 29.5 Å². The summed E-state index contributed by atoms with van der Waals surface area (Å²) < 4.78 is 38.1.